The van der Waals surface area contributed by atoms with Crippen molar-refractivity contribution in [3.8, 4) is 28.1 Å². The molecule has 1 aromatic carbocycles. The van der Waals surface area contributed by atoms with Crippen LogP contribution in [-0.4, -0.2) is 46.5 Å². The quantitative estimate of drug-likeness (QED) is 0.461. The maximum atomic E-state index is 6.05. The molecule has 0 amide bonds. The highest BCUT2D eigenvalue weighted by Gasteiger charge is 2.17. The maximum Gasteiger partial charge on any atom is 0.299 e. The van der Waals surface area contributed by atoms with Gasteiger partial charge in [-0.2, -0.15) is 9.36 Å². The van der Waals surface area contributed by atoms with E-state index in [1.807, 2.05) is 24.4 Å². The zero-order valence-electron chi connectivity index (χ0n) is 19.5. The summed E-state index contributed by atoms with van der Waals surface area (Å²) in [6, 6.07) is 8.11. The Hall–Kier alpha value is -2.51. The molecule has 7 heteroatoms. The molecule has 2 aromatic heterocycles. The lowest BCUT2D eigenvalue weighted by Gasteiger charge is -2.17. The van der Waals surface area contributed by atoms with Crippen molar-refractivity contribution < 1.29 is 9.47 Å². The van der Waals surface area contributed by atoms with E-state index in [4.69, 9.17) is 9.47 Å². The molecule has 0 saturated heterocycles. The molecule has 0 fully saturated rings. The van der Waals surface area contributed by atoms with E-state index < -0.39 is 0 Å². The number of aromatic nitrogens is 3. The molecule has 3 rings (SSSR count). The van der Waals surface area contributed by atoms with Crippen LogP contribution in [0.15, 0.2) is 30.5 Å². The number of benzene rings is 1. The van der Waals surface area contributed by atoms with Gasteiger partial charge in [0, 0.05) is 40.9 Å². The largest absolute Gasteiger partial charge is 0.493 e. The number of pyridine rings is 1. The Morgan fingerprint density at radius 2 is 1.90 bits per heavy atom. The van der Waals surface area contributed by atoms with E-state index in [2.05, 4.69) is 67.0 Å². The molecule has 3 aromatic rings. The van der Waals surface area contributed by atoms with Gasteiger partial charge in [-0.3, -0.25) is 4.98 Å². The van der Waals surface area contributed by atoms with Crippen molar-refractivity contribution in [1.29, 1.82) is 0 Å². The Labute approximate surface area is 189 Å². The summed E-state index contributed by atoms with van der Waals surface area (Å²) < 4.78 is 16.1. The lowest BCUT2D eigenvalue weighted by molar-refractivity contribution is 0.355. The molecule has 0 saturated carbocycles. The van der Waals surface area contributed by atoms with Crippen molar-refractivity contribution >= 4 is 11.5 Å². The van der Waals surface area contributed by atoms with Crippen molar-refractivity contribution in [1.82, 2.24) is 19.2 Å². The smallest absolute Gasteiger partial charge is 0.299 e. The molecule has 0 unspecified atom stereocenters. The summed E-state index contributed by atoms with van der Waals surface area (Å²) in [5, 5.41) is 0.478. The minimum Gasteiger partial charge on any atom is -0.493 e. The highest BCUT2D eigenvalue weighted by molar-refractivity contribution is 7.07. The van der Waals surface area contributed by atoms with E-state index in [9.17, 15) is 0 Å². The predicted octanol–water partition coefficient (Wildman–Crippen LogP) is 5.50. The predicted molar refractivity (Wildman–Crippen MR) is 127 cm³/mol. The van der Waals surface area contributed by atoms with Crippen LogP contribution in [-0.2, 0) is 11.8 Å². The number of methoxy groups -OCH3 is 1. The lowest BCUT2D eigenvalue weighted by atomic mass is 9.91. The van der Waals surface area contributed by atoms with Crippen molar-refractivity contribution in [3.05, 3.63) is 47.3 Å². The fourth-order valence-electron chi connectivity index (χ4n) is 3.11. The zero-order valence-corrected chi connectivity index (χ0v) is 20.3. The van der Waals surface area contributed by atoms with Crippen molar-refractivity contribution in [2.45, 2.75) is 46.5 Å². The Kier molecular flexibility index (Phi) is 7.28. The minimum atomic E-state index is 0.00877. The molecule has 0 aliphatic rings. The van der Waals surface area contributed by atoms with E-state index in [1.54, 1.807) is 7.11 Å². The average Bonchev–Trinajstić information content (AvgIpc) is 3.21. The third-order valence-electron chi connectivity index (χ3n) is 5.32. The second-order valence-corrected chi connectivity index (χ2v) is 9.46. The first-order valence-electron chi connectivity index (χ1n) is 10.6. The van der Waals surface area contributed by atoms with Gasteiger partial charge in [0.25, 0.3) is 5.19 Å². The summed E-state index contributed by atoms with van der Waals surface area (Å²) in [6.45, 7) is 12.7. The van der Waals surface area contributed by atoms with E-state index in [0.717, 1.165) is 30.8 Å². The third-order valence-corrected chi connectivity index (χ3v) is 5.91. The second-order valence-electron chi connectivity index (χ2n) is 8.74. The molecule has 0 aliphatic carbocycles. The number of hydrogen-bond donors (Lipinski definition) is 0. The molecule has 0 spiro atoms. The molecule has 166 valence electrons. The molecule has 0 N–H and O–H groups in total. The zero-order chi connectivity index (χ0) is 22.6. The van der Waals surface area contributed by atoms with E-state index in [1.165, 1.54) is 22.7 Å². The first kappa shape index (κ1) is 23.2. The summed E-state index contributed by atoms with van der Waals surface area (Å²) in [5.74, 6) is 1.96. The summed E-state index contributed by atoms with van der Waals surface area (Å²) in [7, 11) is 3.79. The number of likely N-dealkylation sites (N-methyl/N-ethyl adjacent to an activating group) is 1. The Morgan fingerprint density at radius 3 is 2.52 bits per heavy atom. The molecule has 31 heavy (non-hydrogen) atoms. The summed E-state index contributed by atoms with van der Waals surface area (Å²) in [4.78, 5) is 11.4. The number of rotatable bonds is 8. The van der Waals surface area contributed by atoms with Gasteiger partial charge in [-0.1, -0.05) is 27.7 Å². The van der Waals surface area contributed by atoms with Gasteiger partial charge in [-0.05, 0) is 62.3 Å². The van der Waals surface area contributed by atoms with Gasteiger partial charge in [-0.15, -0.1) is 0 Å². The fraction of sp³-hybridized carbons (Fsp3) is 0.458. The topological polar surface area (TPSA) is 60.4 Å². The highest BCUT2D eigenvalue weighted by atomic mass is 32.1. The molecule has 0 aliphatic heterocycles. The monoisotopic (exact) mass is 440 g/mol. The number of nitrogens with zero attached hydrogens (tertiary/aromatic N) is 4. The van der Waals surface area contributed by atoms with E-state index in [0.29, 0.717) is 22.5 Å². The number of hydrogen-bond acceptors (Lipinski definition) is 7. The second kappa shape index (κ2) is 9.75. The van der Waals surface area contributed by atoms with Gasteiger partial charge < -0.3 is 14.4 Å². The Balaban J connectivity index is 1.77. The SMILES string of the molecule is CCN(C)CCc1cc(OC)c(Oc2nc(-c3ccc(C(C)(C)C)nc3)ns2)cc1C. The Bertz CT molecular complexity index is 1010. The van der Waals surface area contributed by atoms with Gasteiger partial charge in [0.15, 0.2) is 17.3 Å². The van der Waals surface area contributed by atoms with Crippen LogP contribution in [0.5, 0.6) is 16.7 Å². The van der Waals surface area contributed by atoms with Crippen LogP contribution in [0, 0.1) is 6.92 Å². The summed E-state index contributed by atoms with van der Waals surface area (Å²) in [6.07, 6.45) is 2.78. The summed E-state index contributed by atoms with van der Waals surface area (Å²) in [5.41, 5.74) is 4.35. The van der Waals surface area contributed by atoms with Crippen molar-refractivity contribution in [3.63, 3.8) is 0 Å². The van der Waals surface area contributed by atoms with Crippen molar-refractivity contribution in [2.24, 2.45) is 0 Å². The fourth-order valence-corrected chi connectivity index (χ4v) is 3.68. The average molecular weight is 441 g/mol. The third kappa shape index (κ3) is 5.80. The maximum absolute atomic E-state index is 6.05. The molecule has 2 heterocycles. The van der Waals surface area contributed by atoms with Gasteiger partial charge in [0.05, 0.1) is 7.11 Å². The Morgan fingerprint density at radius 1 is 1.13 bits per heavy atom. The molecule has 0 atom stereocenters. The van der Waals surface area contributed by atoms with Crippen LogP contribution < -0.4 is 9.47 Å². The van der Waals surface area contributed by atoms with Crippen LogP contribution in [0.3, 0.4) is 0 Å². The highest BCUT2D eigenvalue weighted by Crippen LogP contribution is 2.36. The molecular weight excluding hydrogens is 408 g/mol. The molecule has 6 nitrogen and oxygen atoms in total. The minimum absolute atomic E-state index is 0.00877. The van der Waals surface area contributed by atoms with Gasteiger partial charge in [0.1, 0.15) is 0 Å². The van der Waals surface area contributed by atoms with Gasteiger partial charge >= 0.3 is 0 Å². The molecule has 0 radical (unpaired) electrons. The van der Waals surface area contributed by atoms with Crippen LogP contribution in [0.2, 0.25) is 0 Å². The van der Waals surface area contributed by atoms with Gasteiger partial charge in [0.2, 0.25) is 0 Å². The lowest BCUT2D eigenvalue weighted by Crippen LogP contribution is -2.20. The van der Waals surface area contributed by atoms with Crippen LogP contribution in [0.25, 0.3) is 11.4 Å². The number of ether oxygens (including phenoxy) is 2. The molecular formula is C24H32N4O2S. The summed E-state index contributed by atoms with van der Waals surface area (Å²) >= 11 is 1.22. The molecule has 0 bridgehead atoms. The van der Waals surface area contributed by atoms with Crippen molar-refractivity contribution in [2.75, 3.05) is 27.2 Å². The van der Waals surface area contributed by atoms with E-state index in [-0.39, 0.29) is 5.41 Å². The van der Waals surface area contributed by atoms with Gasteiger partial charge in [-0.25, -0.2) is 0 Å². The van der Waals surface area contributed by atoms with E-state index >= 15 is 0 Å². The standard InChI is InChI=1S/C24H32N4O2S/c1-8-28(6)12-11-17-14-19(29-7)20(13-16(17)2)30-23-26-22(27-31-23)18-9-10-21(25-15-18)24(3,4)5/h9-10,13-15H,8,11-12H2,1-7H3. The van der Waals surface area contributed by atoms with Crippen LogP contribution in [0.4, 0.5) is 0 Å². The first-order chi connectivity index (χ1) is 14.7. The first-order valence-corrected chi connectivity index (χ1v) is 11.3. The normalized spacial score (nSPS) is 11.7. The number of aryl methyl sites for hydroxylation is 1. The van der Waals surface area contributed by atoms with Crippen LogP contribution >= 0.6 is 11.5 Å². The van der Waals surface area contributed by atoms with Crippen LogP contribution in [0.1, 0.15) is 44.5 Å².